The van der Waals surface area contributed by atoms with E-state index in [1.165, 1.54) is 16.8 Å². The molecule has 2 aromatic heterocycles. The molecule has 12 heteroatoms. The summed E-state index contributed by atoms with van der Waals surface area (Å²) >= 11 is 0. The van der Waals surface area contributed by atoms with E-state index < -0.39 is 17.3 Å². The number of imidazole rings is 1. The fraction of sp³-hybridized carbons (Fsp3) is 0.458. The zero-order valence-corrected chi connectivity index (χ0v) is 21.0. The number of rotatable bonds is 4. The Morgan fingerprint density at radius 1 is 1.22 bits per heavy atom. The SMILES string of the molecule is Cc1cc(C(N)=O)c(F)cc1Nc1ncc2c(n1)n(C1CCN(C(=O)OC(C)(C)C)CC1)c(=O)n2C. The normalized spacial score (nSPS) is 14.8. The molecule has 0 bridgehead atoms. The number of hydrogen-bond donors (Lipinski definition) is 2. The Bertz CT molecular complexity index is 1400. The number of benzene rings is 1. The Morgan fingerprint density at radius 2 is 1.89 bits per heavy atom. The van der Waals surface area contributed by atoms with E-state index in [2.05, 4.69) is 15.3 Å². The lowest BCUT2D eigenvalue weighted by molar-refractivity contribution is 0.0188. The Kier molecular flexibility index (Phi) is 6.46. The first kappa shape index (κ1) is 25.1. The van der Waals surface area contributed by atoms with E-state index in [1.807, 2.05) is 20.8 Å². The van der Waals surface area contributed by atoms with Crippen LogP contribution in [0.4, 0.5) is 20.8 Å². The van der Waals surface area contributed by atoms with Crippen molar-refractivity contribution in [1.29, 1.82) is 0 Å². The van der Waals surface area contributed by atoms with Gasteiger partial charge in [0.1, 0.15) is 16.9 Å². The van der Waals surface area contributed by atoms with E-state index in [0.29, 0.717) is 48.3 Å². The number of fused-ring (bicyclic) bond motifs is 1. The average molecular weight is 500 g/mol. The molecule has 36 heavy (non-hydrogen) atoms. The number of carbonyl (C=O) groups is 2. The second kappa shape index (κ2) is 9.25. The number of nitrogens with two attached hydrogens (primary N) is 1. The molecule has 1 aliphatic heterocycles. The first-order valence-electron chi connectivity index (χ1n) is 11.6. The molecule has 192 valence electrons. The molecule has 1 saturated heterocycles. The molecule has 3 N–H and O–H groups in total. The Labute approximate surface area is 207 Å². The molecule has 11 nitrogen and oxygen atoms in total. The summed E-state index contributed by atoms with van der Waals surface area (Å²) in [6.07, 6.45) is 2.28. The van der Waals surface area contributed by atoms with Crippen LogP contribution in [0.15, 0.2) is 23.1 Å². The van der Waals surface area contributed by atoms with E-state index >= 15 is 0 Å². The number of nitrogens with zero attached hydrogens (tertiary/aromatic N) is 5. The van der Waals surface area contributed by atoms with Crippen molar-refractivity contribution < 1.29 is 18.7 Å². The van der Waals surface area contributed by atoms with E-state index in [4.69, 9.17) is 10.5 Å². The Morgan fingerprint density at radius 3 is 2.50 bits per heavy atom. The van der Waals surface area contributed by atoms with Crippen molar-refractivity contribution in [2.24, 2.45) is 12.8 Å². The smallest absolute Gasteiger partial charge is 0.410 e. The molecule has 0 spiro atoms. The van der Waals surface area contributed by atoms with Crippen LogP contribution in [0, 0.1) is 12.7 Å². The molecule has 0 aliphatic carbocycles. The van der Waals surface area contributed by atoms with Gasteiger partial charge in [0.2, 0.25) is 5.95 Å². The number of hydrogen-bond acceptors (Lipinski definition) is 7. The molecule has 0 radical (unpaired) electrons. The van der Waals surface area contributed by atoms with Crippen molar-refractivity contribution in [3.8, 4) is 0 Å². The summed E-state index contributed by atoms with van der Waals surface area (Å²) in [5, 5.41) is 2.97. The van der Waals surface area contributed by atoms with Crippen molar-refractivity contribution in [1.82, 2.24) is 24.0 Å². The van der Waals surface area contributed by atoms with Crippen molar-refractivity contribution in [3.63, 3.8) is 0 Å². The first-order chi connectivity index (χ1) is 16.9. The number of halogens is 1. The van der Waals surface area contributed by atoms with Crippen molar-refractivity contribution in [3.05, 3.63) is 45.8 Å². The standard InChI is InChI=1S/C24H30FN7O4/c1-13-10-15(19(26)33)16(25)11-17(13)28-21-27-12-18-20(29-21)32(22(34)30(18)5)14-6-8-31(9-7-14)23(35)36-24(2,3)4/h10-12,14H,6-9H2,1-5H3,(H2,26,33)(H,27,28,29). The molecule has 0 saturated carbocycles. The van der Waals surface area contributed by atoms with Crippen LogP contribution in [0.25, 0.3) is 11.2 Å². The number of primary amides is 1. The fourth-order valence-corrected chi connectivity index (χ4v) is 4.28. The average Bonchev–Trinajstić information content (AvgIpc) is 3.04. The fourth-order valence-electron chi connectivity index (χ4n) is 4.28. The predicted molar refractivity (Wildman–Crippen MR) is 132 cm³/mol. The third-order valence-corrected chi connectivity index (χ3v) is 6.14. The topological polar surface area (TPSA) is 137 Å². The molecule has 3 aromatic rings. The van der Waals surface area contributed by atoms with E-state index in [-0.39, 0.29) is 29.3 Å². The zero-order chi connectivity index (χ0) is 26.4. The maximum atomic E-state index is 14.3. The molecular weight excluding hydrogens is 469 g/mol. The lowest BCUT2D eigenvalue weighted by Crippen LogP contribution is -2.43. The van der Waals surface area contributed by atoms with Crippen LogP contribution in [-0.4, -0.2) is 54.7 Å². The lowest BCUT2D eigenvalue weighted by Gasteiger charge is -2.33. The lowest BCUT2D eigenvalue weighted by atomic mass is 10.1. The van der Waals surface area contributed by atoms with Gasteiger partial charge in [0.25, 0.3) is 5.91 Å². The summed E-state index contributed by atoms with van der Waals surface area (Å²) in [4.78, 5) is 47.4. The zero-order valence-electron chi connectivity index (χ0n) is 21.0. The van der Waals surface area contributed by atoms with Gasteiger partial charge in [0.15, 0.2) is 5.65 Å². The van der Waals surface area contributed by atoms with Crippen molar-refractivity contribution in [2.45, 2.75) is 52.2 Å². The maximum absolute atomic E-state index is 14.3. The van der Waals surface area contributed by atoms with Crippen LogP contribution in [0.5, 0.6) is 0 Å². The minimum atomic E-state index is -0.856. The highest BCUT2D eigenvalue weighted by molar-refractivity contribution is 5.94. The monoisotopic (exact) mass is 499 g/mol. The van der Waals surface area contributed by atoms with Crippen molar-refractivity contribution >= 4 is 34.8 Å². The van der Waals surface area contributed by atoms with Gasteiger partial charge < -0.3 is 20.7 Å². The van der Waals surface area contributed by atoms with Crippen molar-refractivity contribution in [2.75, 3.05) is 18.4 Å². The third kappa shape index (κ3) is 4.88. The largest absolute Gasteiger partial charge is 0.444 e. The summed E-state index contributed by atoms with van der Waals surface area (Å²) in [5.74, 6) is -1.45. The summed E-state index contributed by atoms with van der Waals surface area (Å²) in [6.45, 7) is 8.05. The molecule has 1 aliphatic rings. The summed E-state index contributed by atoms with van der Waals surface area (Å²) in [5.41, 5.74) is 6.12. The molecule has 2 amide bonds. The first-order valence-corrected chi connectivity index (χ1v) is 11.6. The number of amides is 2. The highest BCUT2D eigenvalue weighted by atomic mass is 19.1. The predicted octanol–water partition coefficient (Wildman–Crippen LogP) is 2.99. The maximum Gasteiger partial charge on any atom is 0.410 e. The summed E-state index contributed by atoms with van der Waals surface area (Å²) < 4.78 is 22.9. The van der Waals surface area contributed by atoms with Gasteiger partial charge in [-0.1, -0.05) is 0 Å². The summed E-state index contributed by atoms with van der Waals surface area (Å²) in [6, 6.07) is 2.35. The molecular formula is C24H30FN7O4. The number of nitrogens with one attached hydrogen (secondary N) is 1. The molecule has 0 atom stereocenters. The number of anilines is 2. The summed E-state index contributed by atoms with van der Waals surface area (Å²) in [7, 11) is 1.65. The van der Waals surface area contributed by atoms with Crippen LogP contribution in [-0.2, 0) is 11.8 Å². The molecule has 3 heterocycles. The Balaban J connectivity index is 1.61. The van der Waals surface area contributed by atoms with Crippen LogP contribution < -0.4 is 16.7 Å². The Hall–Kier alpha value is -3.96. The van der Waals surface area contributed by atoms with Gasteiger partial charge in [-0.05, 0) is 58.2 Å². The van der Waals surface area contributed by atoms with Gasteiger partial charge in [-0.15, -0.1) is 0 Å². The van der Waals surface area contributed by atoms with Crippen LogP contribution >= 0.6 is 0 Å². The highest BCUT2D eigenvalue weighted by Crippen LogP contribution is 2.27. The minimum absolute atomic E-state index is 0.169. The number of aromatic nitrogens is 4. The van der Waals surface area contributed by atoms with Gasteiger partial charge in [0, 0.05) is 31.9 Å². The quantitative estimate of drug-likeness (QED) is 0.563. The second-order valence-corrected chi connectivity index (χ2v) is 9.95. The van der Waals surface area contributed by atoms with Crippen LogP contribution in [0.2, 0.25) is 0 Å². The number of ether oxygens (including phenoxy) is 1. The van der Waals surface area contributed by atoms with Gasteiger partial charge in [-0.25, -0.2) is 19.0 Å². The number of likely N-dealkylation sites (tertiary alicyclic amines) is 1. The second-order valence-electron chi connectivity index (χ2n) is 9.95. The van der Waals surface area contributed by atoms with Crippen LogP contribution in [0.3, 0.4) is 0 Å². The highest BCUT2D eigenvalue weighted by Gasteiger charge is 2.30. The van der Waals surface area contributed by atoms with Crippen LogP contribution in [0.1, 0.15) is 55.6 Å². The molecule has 4 rings (SSSR count). The van der Waals surface area contributed by atoms with Gasteiger partial charge in [0.05, 0.1) is 11.8 Å². The van der Waals surface area contributed by atoms with Gasteiger partial charge in [-0.2, -0.15) is 4.98 Å². The van der Waals surface area contributed by atoms with Gasteiger partial charge >= 0.3 is 11.8 Å². The van der Waals surface area contributed by atoms with E-state index in [9.17, 15) is 18.8 Å². The number of aryl methyl sites for hydroxylation is 2. The minimum Gasteiger partial charge on any atom is -0.444 e. The van der Waals surface area contributed by atoms with E-state index in [1.54, 1.807) is 23.4 Å². The molecule has 1 aromatic carbocycles. The number of piperidine rings is 1. The number of carbonyl (C=O) groups excluding carboxylic acids is 2. The molecule has 0 unspecified atom stereocenters. The van der Waals surface area contributed by atoms with E-state index in [0.717, 1.165) is 6.07 Å². The molecule has 1 fully saturated rings. The third-order valence-electron chi connectivity index (χ3n) is 6.14. The van der Waals surface area contributed by atoms with Gasteiger partial charge in [-0.3, -0.25) is 13.9 Å².